The molecule has 1 fully saturated rings. The van der Waals surface area contributed by atoms with E-state index in [4.69, 9.17) is 20.4 Å². The zero-order valence-electron chi connectivity index (χ0n) is 9.03. The summed E-state index contributed by atoms with van der Waals surface area (Å²) in [7, 11) is 0. The summed E-state index contributed by atoms with van der Waals surface area (Å²) in [5, 5.41) is 35.0. The smallest absolute Gasteiger partial charge is 1.00 e. The number of hydrogen-bond acceptors (Lipinski definition) is 6. The van der Waals surface area contributed by atoms with Gasteiger partial charge in [-0.1, -0.05) is 0 Å². The Morgan fingerprint density at radius 2 is 2.00 bits per heavy atom. The molecule has 1 aliphatic rings. The summed E-state index contributed by atoms with van der Waals surface area (Å²) in [5.74, 6) is -2.77. The Morgan fingerprint density at radius 3 is 2.29 bits per heavy atom. The van der Waals surface area contributed by atoms with Gasteiger partial charge in [0, 0.05) is 0 Å². The van der Waals surface area contributed by atoms with E-state index in [-0.39, 0.29) is 40.6 Å². The molecular formula is C6H10CaO7. The molecule has 4 atom stereocenters. The van der Waals surface area contributed by atoms with E-state index in [1.807, 2.05) is 0 Å². The van der Waals surface area contributed by atoms with Crippen molar-refractivity contribution < 1.29 is 37.6 Å². The summed E-state index contributed by atoms with van der Waals surface area (Å²) in [6, 6.07) is 0. The average molecular weight is 234 g/mol. The van der Waals surface area contributed by atoms with Crippen LogP contribution in [-0.4, -0.2) is 94.5 Å². The first-order valence-electron chi connectivity index (χ1n) is 3.42. The zero-order chi connectivity index (χ0) is 10.2. The SMILES string of the molecule is O=C(O)C(O)[C@H]1OC(=O)[C@@H](O)[C@H]1O.[Ca+2].[H-].[H-]. The molecule has 7 nitrogen and oxygen atoms in total. The Kier molecular flexibility index (Phi) is 5.27. The summed E-state index contributed by atoms with van der Waals surface area (Å²) >= 11 is 0. The van der Waals surface area contributed by atoms with Crippen molar-refractivity contribution in [3.05, 3.63) is 0 Å². The Labute approximate surface area is 111 Å². The zero-order valence-corrected chi connectivity index (χ0v) is 9.24. The number of aliphatic hydroxyl groups excluding tert-OH is 3. The molecular weight excluding hydrogens is 224 g/mol. The molecule has 8 heteroatoms. The van der Waals surface area contributed by atoms with Gasteiger partial charge in [-0.05, 0) is 0 Å². The molecule has 0 saturated carbocycles. The third-order valence-corrected chi connectivity index (χ3v) is 1.72. The van der Waals surface area contributed by atoms with Crippen molar-refractivity contribution in [2.24, 2.45) is 0 Å². The predicted octanol–water partition coefficient (Wildman–Crippen LogP) is -3.08. The molecule has 78 valence electrons. The van der Waals surface area contributed by atoms with Crippen LogP contribution >= 0.6 is 0 Å². The van der Waals surface area contributed by atoms with Gasteiger partial charge in [-0.2, -0.15) is 0 Å². The Morgan fingerprint density at radius 1 is 1.50 bits per heavy atom. The van der Waals surface area contributed by atoms with Gasteiger partial charge < -0.3 is 28.0 Å². The standard InChI is InChI=1S/C6H8O7.Ca.2H/c7-1-2(8)6(12)13-4(1)3(9)5(10)11;;;/h1-4,7-9H,(H,10,11);;;/q;+2;2*-1/t1-,2+,3?,4+;;;/m1.../s1. The predicted molar refractivity (Wildman–Crippen MR) is 43.5 cm³/mol. The number of hydrogen-bond donors (Lipinski definition) is 4. The Bertz CT molecular complexity index is 251. The van der Waals surface area contributed by atoms with Crippen molar-refractivity contribution in [1.29, 1.82) is 0 Å². The van der Waals surface area contributed by atoms with Crippen LogP contribution in [-0.2, 0) is 14.3 Å². The second-order valence-corrected chi connectivity index (χ2v) is 2.62. The molecule has 1 saturated heterocycles. The molecule has 1 rings (SSSR count). The van der Waals surface area contributed by atoms with Crippen molar-refractivity contribution >= 4 is 49.7 Å². The summed E-state index contributed by atoms with van der Waals surface area (Å²) < 4.78 is 4.24. The van der Waals surface area contributed by atoms with Crippen LogP contribution < -0.4 is 0 Å². The van der Waals surface area contributed by atoms with Crippen LogP contribution in [0.2, 0.25) is 0 Å². The van der Waals surface area contributed by atoms with E-state index >= 15 is 0 Å². The maximum absolute atomic E-state index is 10.6. The Hall–Kier alpha value is 0.0797. The van der Waals surface area contributed by atoms with E-state index in [1.165, 1.54) is 0 Å². The van der Waals surface area contributed by atoms with Crippen LogP contribution in [0.3, 0.4) is 0 Å². The molecule has 1 unspecified atom stereocenters. The van der Waals surface area contributed by atoms with E-state index in [9.17, 15) is 9.59 Å². The Balaban J connectivity index is -0.000000563. The fourth-order valence-electron chi connectivity index (χ4n) is 0.984. The fourth-order valence-corrected chi connectivity index (χ4v) is 0.984. The number of ether oxygens (including phenoxy) is 1. The van der Waals surface area contributed by atoms with Gasteiger partial charge >= 0.3 is 49.7 Å². The van der Waals surface area contributed by atoms with Crippen molar-refractivity contribution in [2.45, 2.75) is 24.4 Å². The number of carboxylic acids is 1. The van der Waals surface area contributed by atoms with Gasteiger partial charge in [-0.15, -0.1) is 0 Å². The minimum atomic E-state index is -2.03. The topological polar surface area (TPSA) is 124 Å². The molecule has 0 radical (unpaired) electrons. The minimum absolute atomic E-state index is 0. The van der Waals surface area contributed by atoms with Crippen LogP contribution in [0.15, 0.2) is 0 Å². The third kappa shape index (κ3) is 2.56. The van der Waals surface area contributed by atoms with Gasteiger partial charge in [0.05, 0.1) is 0 Å². The molecule has 4 N–H and O–H groups in total. The molecule has 0 bridgehead atoms. The van der Waals surface area contributed by atoms with E-state index in [1.54, 1.807) is 0 Å². The molecule has 1 aliphatic heterocycles. The van der Waals surface area contributed by atoms with E-state index in [0.29, 0.717) is 0 Å². The van der Waals surface area contributed by atoms with Crippen LogP contribution in [0.4, 0.5) is 0 Å². The normalized spacial score (nSPS) is 33.1. The maximum Gasteiger partial charge on any atom is 2.00 e. The summed E-state index contributed by atoms with van der Waals surface area (Å²) in [6.07, 6.45) is -7.14. The minimum Gasteiger partial charge on any atom is -1.00 e. The van der Waals surface area contributed by atoms with Crippen LogP contribution in [0.5, 0.6) is 0 Å². The number of rotatable bonds is 2. The quantitative estimate of drug-likeness (QED) is 0.295. The molecule has 0 aliphatic carbocycles. The molecule has 1 heterocycles. The number of carboxylic acid groups (broad SMARTS) is 1. The van der Waals surface area contributed by atoms with Crippen molar-refractivity contribution in [2.75, 3.05) is 0 Å². The van der Waals surface area contributed by atoms with E-state index in [2.05, 4.69) is 4.74 Å². The number of cyclic esters (lactones) is 1. The summed E-state index contributed by atoms with van der Waals surface area (Å²) in [6.45, 7) is 0. The van der Waals surface area contributed by atoms with Crippen LogP contribution in [0, 0.1) is 0 Å². The molecule has 0 amide bonds. The summed E-state index contributed by atoms with van der Waals surface area (Å²) in [4.78, 5) is 20.8. The number of carbonyl (C=O) groups is 2. The largest absolute Gasteiger partial charge is 2.00 e. The summed E-state index contributed by atoms with van der Waals surface area (Å²) in [5.41, 5.74) is 0. The van der Waals surface area contributed by atoms with Crippen molar-refractivity contribution in [3.63, 3.8) is 0 Å². The second kappa shape index (κ2) is 5.24. The number of esters is 1. The van der Waals surface area contributed by atoms with Gasteiger partial charge in [0.1, 0.15) is 6.10 Å². The average Bonchev–Trinajstić information content (AvgIpc) is 2.31. The van der Waals surface area contributed by atoms with Gasteiger partial charge in [0.2, 0.25) is 0 Å². The van der Waals surface area contributed by atoms with E-state index in [0.717, 1.165) is 0 Å². The van der Waals surface area contributed by atoms with Crippen molar-refractivity contribution in [1.82, 2.24) is 0 Å². The van der Waals surface area contributed by atoms with Gasteiger partial charge in [-0.25, -0.2) is 9.59 Å². The maximum atomic E-state index is 10.6. The molecule has 0 aromatic rings. The first-order valence-corrected chi connectivity index (χ1v) is 3.42. The molecule has 14 heavy (non-hydrogen) atoms. The number of carbonyl (C=O) groups excluding carboxylic acids is 1. The van der Waals surface area contributed by atoms with Gasteiger partial charge in [0.25, 0.3) is 0 Å². The third-order valence-electron chi connectivity index (χ3n) is 1.72. The monoisotopic (exact) mass is 234 g/mol. The number of aliphatic carboxylic acids is 1. The van der Waals surface area contributed by atoms with Crippen molar-refractivity contribution in [3.8, 4) is 0 Å². The van der Waals surface area contributed by atoms with Crippen LogP contribution in [0.25, 0.3) is 0 Å². The van der Waals surface area contributed by atoms with Crippen LogP contribution in [0.1, 0.15) is 2.85 Å². The first-order chi connectivity index (χ1) is 5.95. The molecule has 0 spiro atoms. The molecule has 0 aromatic carbocycles. The molecule has 0 aromatic heterocycles. The fraction of sp³-hybridized carbons (Fsp3) is 0.667. The van der Waals surface area contributed by atoms with Gasteiger partial charge in [0.15, 0.2) is 18.3 Å². The number of aliphatic hydroxyl groups is 3. The first kappa shape index (κ1) is 14.1. The van der Waals surface area contributed by atoms with E-state index < -0.39 is 36.4 Å². The van der Waals surface area contributed by atoms with Gasteiger partial charge in [-0.3, -0.25) is 0 Å². The second-order valence-electron chi connectivity index (χ2n) is 2.62.